The van der Waals surface area contributed by atoms with Crippen LogP contribution in [0.4, 0.5) is 5.69 Å². The van der Waals surface area contributed by atoms with Crippen molar-refractivity contribution in [2.75, 3.05) is 25.5 Å². The summed E-state index contributed by atoms with van der Waals surface area (Å²) >= 11 is 0. The molecule has 26 heavy (non-hydrogen) atoms. The molecule has 1 unspecified atom stereocenters. The van der Waals surface area contributed by atoms with Crippen LogP contribution in [0, 0.1) is 0 Å². The van der Waals surface area contributed by atoms with E-state index in [2.05, 4.69) is 17.1 Å². The van der Waals surface area contributed by atoms with Gasteiger partial charge in [-0.15, -0.1) is 0 Å². The van der Waals surface area contributed by atoms with Crippen LogP contribution in [0.1, 0.15) is 58.3 Å². The van der Waals surface area contributed by atoms with Gasteiger partial charge in [0.1, 0.15) is 0 Å². The monoisotopic (exact) mass is 360 g/mol. The summed E-state index contributed by atoms with van der Waals surface area (Å²) < 4.78 is 11.6. The van der Waals surface area contributed by atoms with Crippen LogP contribution >= 0.6 is 0 Å². The van der Waals surface area contributed by atoms with Gasteiger partial charge in [0.05, 0.1) is 19.3 Å². The molecule has 0 bridgehead atoms. The molecule has 0 radical (unpaired) electrons. The molecule has 1 N–H and O–H groups in total. The van der Waals surface area contributed by atoms with Gasteiger partial charge in [-0.1, -0.05) is 13.3 Å². The Labute approximate surface area is 157 Å². The maximum absolute atomic E-state index is 12.8. The lowest BCUT2D eigenvalue weighted by atomic mass is 10.0. The van der Waals surface area contributed by atoms with E-state index in [0.717, 1.165) is 62.4 Å². The Morgan fingerprint density at radius 2 is 1.92 bits per heavy atom. The van der Waals surface area contributed by atoms with Crippen molar-refractivity contribution in [3.8, 4) is 11.5 Å². The van der Waals surface area contributed by atoms with Gasteiger partial charge in [0.25, 0.3) is 0 Å². The molecule has 0 spiro atoms. The fourth-order valence-electron chi connectivity index (χ4n) is 4.10. The predicted molar refractivity (Wildman–Crippen MR) is 104 cm³/mol. The first kappa shape index (κ1) is 19.0. The van der Waals surface area contributed by atoms with Crippen LogP contribution in [0.15, 0.2) is 18.2 Å². The summed E-state index contributed by atoms with van der Waals surface area (Å²) in [5, 5.41) is 3.10. The number of ether oxygens (including phenoxy) is 2. The number of carbonyl (C=O) groups is 1. The first-order valence-corrected chi connectivity index (χ1v) is 10.1. The molecule has 1 aliphatic heterocycles. The number of carbonyl (C=O) groups excluding carboxylic acids is 1. The van der Waals surface area contributed by atoms with Gasteiger partial charge >= 0.3 is 0 Å². The Balaban J connectivity index is 1.68. The molecular formula is C21H32N2O3. The van der Waals surface area contributed by atoms with Crippen LogP contribution in [-0.2, 0) is 4.79 Å². The fourth-order valence-corrected chi connectivity index (χ4v) is 4.10. The zero-order valence-electron chi connectivity index (χ0n) is 16.1. The summed E-state index contributed by atoms with van der Waals surface area (Å²) in [6.45, 7) is 4.17. The molecule has 2 fully saturated rings. The molecular weight excluding hydrogens is 328 g/mol. The normalized spacial score (nSPS) is 21.5. The third-order valence-corrected chi connectivity index (χ3v) is 5.45. The zero-order valence-corrected chi connectivity index (χ0v) is 16.1. The number of nitrogens with one attached hydrogen (secondary N) is 1. The van der Waals surface area contributed by atoms with Crippen LogP contribution in [0.3, 0.4) is 0 Å². The third kappa shape index (κ3) is 4.70. The Hall–Kier alpha value is -1.75. The van der Waals surface area contributed by atoms with E-state index >= 15 is 0 Å². The maximum Gasteiger partial charge on any atom is 0.241 e. The van der Waals surface area contributed by atoms with Crippen molar-refractivity contribution in [3.63, 3.8) is 0 Å². The number of rotatable bonds is 7. The van der Waals surface area contributed by atoms with E-state index in [0.29, 0.717) is 0 Å². The van der Waals surface area contributed by atoms with Gasteiger partial charge in [0, 0.05) is 11.8 Å². The standard InChI is InChI=1S/C21H32N2O3/c1-3-13-23-14-7-6-10-18(23)21(24)22-16-11-12-19(25-2)20(15-16)26-17-8-4-5-9-17/h11-12,15,17-18H,3-10,13-14H2,1-2H3,(H,22,24). The first-order valence-electron chi connectivity index (χ1n) is 10.1. The Morgan fingerprint density at radius 1 is 1.15 bits per heavy atom. The highest BCUT2D eigenvalue weighted by Gasteiger charge is 2.28. The number of hydrogen-bond acceptors (Lipinski definition) is 4. The van der Waals surface area contributed by atoms with E-state index in [1.165, 1.54) is 19.3 Å². The van der Waals surface area contributed by atoms with Gasteiger partial charge in [-0.3, -0.25) is 9.69 Å². The molecule has 1 aromatic carbocycles. The van der Waals surface area contributed by atoms with Crippen molar-refractivity contribution in [3.05, 3.63) is 18.2 Å². The first-order chi connectivity index (χ1) is 12.7. The van der Waals surface area contributed by atoms with Gasteiger partial charge in [0.2, 0.25) is 5.91 Å². The summed E-state index contributed by atoms with van der Waals surface area (Å²) in [5.74, 6) is 1.54. The summed E-state index contributed by atoms with van der Waals surface area (Å²) in [5.41, 5.74) is 0.783. The molecule has 0 aromatic heterocycles. The quantitative estimate of drug-likeness (QED) is 0.791. The lowest BCUT2D eigenvalue weighted by Crippen LogP contribution is -2.47. The summed E-state index contributed by atoms with van der Waals surface area (Å²) in [6.07, 6.45) is 9.20. The smallest absolute Gasteiger partial charge is 0.241 e. The van der Waals surface area contributed by atoms with Crippen molar-refractivity contribution in [1.29, 1.82) is 0 Å². The minimum atomic E-state index is -0.0231. The van der Waals surface area contributed by atoms with Gasteiger partial charge < -0.3 is 14.8 Å². The minimum absolute atomic E-state index is 0.0231. The predicted octanol–water partition coefficient (Wildman–Crippen LogP) is 4.22. The van der Waals surface area contributed by atoms with Gasteiger partial charge in [0.15, 0.2) is 11.5 Å². The molecule has 1 heterocycles. The molecule has 1 saturated carbocycles. The Bertz CT molecular complexity index is 597. The topological polar surface area (TPSA) is 50.8 Å². The molecule has 2 aliphatic rings. The second-order valence-electron chi connectivity index (χ2n) is 7.43. The number of benzene rings is 1. The molecule has 1 saturated heterocycles. The summed E-state index contributed by atoms with van der Waals surface area (Å²) in [4.78, 5) is 15.2. The molecule has 5 nitrogen and oxygen atoms in total. The van der Waals surface area contributed by atoms with E-state index in [4.69, 9.17) is 9.47 Å². The summed E-state index contributed by atoms with van der Waals surface area (Å²) in [6, 6.07) is 5.66. The number of nitrogens with zero attached hydrogens (tertiary/aromatic N) is 1. The molecule has 1 amide bonds. The highest BCUT2D eigenvalue weighted by molar-refractivity contribution is 5.95. The highest BCUT2D eigenvalue weighted by Crippen LogP contribution is 2.34. The highest BCUT2D eigenvalue weighted by atomic mass is 16.5. The third-order valence-electron chi connectivity index (χ3n) is 5.45. The van der Waals surface area contributed by atoms with Gasteiger partial charge in [-0.05, 0) is 70.2 Å². The second kappa shape index (κ2) is 9.26. The van der Waals surface area contributed by atoms with Crippen molar-refractivity contribution in [1.82, 2.24) is 4.90 Å². The molecule has 5 heteroatoms. The molecule has 3 rings (SSSR count). The SMILES string of the molecule is CCCN1CCCCC1C(=O)Nc1ccc(OC)c(OC2CCCC2)c1. The van der Waals surface area contributed by atoms with E-state index in [1.54, 1.807) is 7.11 Å². The number of anilines is 1. The van der Waals surface area contributed by atoms with Crippen molar-refractivity contribution < 1.29 is 14.3 Å². The fraction of sp³-hybridized carbons (Fsp3) is 0.667. The van der Waals surface area contributed by atoms with Crippen LogP contribution < -0.4 is 14.8 Å². The Kier molecular flexibility index (Phi) is 6.78. The lowest BCUT2D eigenvalue weighted by molar-refractivity contribution is -0.122. The molecule has 1 atom stereocenters. The van der Waals surface area contributed by atoms with Crippen LogP contribution in [0.5, 0.6) is 11.5 Å². The van der Waals surface area contributed by atoms with Crippen molar-refractivity contribution in [2.24, 2.45) is 0 Å². The number of likely N-dealkylation sites (tertiary alicyclic amines) is 1. The maximum atomic E-state index is 12.8. The van der Waals surface area contributed by atoms with Crippen LogP contribution in [0.25, 0.3) is 0 Å². The molecule has 144 valence electrons. The summed E-state index contributed by atoms with van der Waals surface area (Å²) in [7, 11) is 1.65. The number of hydrogen-bond donors (Lipinski definition) is 1. The Morgan fingerprint density at radius 3 is 2.65 bits per heavy atom. The van der Waals surface area contributed by atoms with Gasteiger partial charge in [-0.2, -0.15) is 0 Å². The average molecular weight is 360 g/mol. The largest absolute Gasteiger partial charge is 0.493 e. The number of methoxy groups -OCH3 is 1. The lowest BCUT2D eigenvalue weighted by Gasteiger charge is -2.34. The average Bonchev–Trinajstić information content (AvgIpc) is 3.16. The molecule has 1 aliphatic carbocycles. The van der Waals surface area contributed by atoms with Crippen molar-refractivity contribution in [2.45, 2.75) is 70.4 Å². The van der Waals surface area contributed by atoms with Crippen LogP contribution in [0.2, 0.25) is 0 Å². The zero-order chi connectivity index (χ0) is 18.4. The van der Waals surface area contributed by atoms with E-state index in [1.807, 2.05) is 18.2 Å². The van der Waals surface area contributed by atoms with E-state index in [-0.39, 0.29) is 18.1 Å². The number of amides is 1. The van der Waals surface area contributed by atoms with Crippen molar-refractivity contribution >= 4 is 11.6 Å². The number of piperidine rings is 1. The minimum Gasteiger partial charge on any atom is -0.493 e. The van der Waals surface area contributed by atoms with E-state index in [9.17, 15) is 4.79 Å². The van der Waals surface area contributed by atoms with Gasteiger partial charge in [-0.25, -0.2) is 0 Å². The van der Waals surface area contributed by atoms with E-state index < -0.39 is 0 Å². The second-order valence-corrected chi connectivity index (χ2v) is 7.43. The van der Waals surface area contributed by atoms with Crippen LogP contribution in [-0.4, -0.2) is 43.2 Å². The molecule has 1 aromatic rings.